The number of esters is 1. The molecule has 0 unspecified atom stereocenters. The van der Waals surface area contributed by atoms with Crippen LogP contribution in [0.2, 0.25) is 0 Å². The van der Waals surface area contributed by atoms with Crippen molar-refractivity contribution in [3.05, 3.63) is 60.2 Å². The third-order valence-corrected chi connectivity index (χ3v) is 3.81. The van der Waals surface area contributed by atoms with Gasteiger partial charge in [0.15, 0.2) is 0 Å². The lowest BCUT2D eigenvalue weighted by atomic mass is 10.1. The van der Waals surface area contributed by atoms with Gasteiger partial charge in [0.05, 0.1) is 34.2 Å². The van der Waals surface area contributed by atoms with Crippen molar-refractivity contribution >= 4 is 38.8 Å². The molecule has 4 aromatic rings. The van der Waals surface area contributed by atoms with Gasteiger partial charge in [-0.05, 0) is 48.0 Å². The van der Waals surface area contributed by atoms with Gasteiger partial charge in [-0.1, -0.05) is 24.3 Å². The molecule has 0 aliphatic rings. The fourth-order valence-electron chi connectivity index (χ4n) is 2.70. The van der Waals surface area contributed by atoms with Crippen LogP contribution >= 0.6 is 0 Å². The first-order valence-corrected chi connectivity index (χ1v) is 7.52. The third-order valence-electron chi connectivity index (χ3n) is 3.81. The molecule has 0 fully saturated rings. The number of hydrogen-bond donors (Lipinski definition) is 0. The second kappa shape index (κ2) is 5.32. The Labute approximate surface area is 132 Å². The smallest absolute Gasteiger partial charge is 0.338 e. The average molecular weight is 302 g/mol. The van der Waals surface area contributed by atoms with E-state index in [2.05, 4.69) is 22.1 Å². The molecule has 0 atom stereocenters. The molecule has 0 amide bonds. The van der Waals surface area contributed by atoms with E-state index in [0.29, 0.717) is 17.7 Å². The van der Waals surface area contributed by atoms with E-state index in [1.807, 2.05) is 30.3 Å². The van der Waals surface area contributed by atoms with Crippen molar-refractivity contribution in [1.82, 2.24) is 9.97 Å². The summed E-state index contributed by atoms with van der Waals surface area (Å²) in [5, 5.41) is 2.26. The molecule has 4 nitrogen and oxygen atoms in total. The van der Waals surface area contributed by atoms with Crippen LogP contribution in [0.15, 0.2) is 54.6 Å². The maximum absolute atomic E-state index is 11.9. The standard InChI is InChI=1S/C19H14N2O2/c1-2-23-19(22)14-7-8-15-16(11-14)21-18-10-13-6-4-3-5-12(13)9-17(18)20-15/h3-11H,2H2,1H3. The van der Waals surface area contributed by atoms with E-state index < -0.39 is 0 Å². The summed E-state index contributed by atoms with van der Waals surface area (Å²) in [6.45, 7) is 2.14. The maximum atomic E-state index is 11.9. The average Bonchev–Trinajstić information content (AvgIpc) is 2.57. The van der Waals surface area contributed by atoms with Crippen LogP contribution in [0.5, 0.6) is 0 Å². The maximum Gasteiger partial charge on any atom is 0.338 e. The molecule has 3 aromatic carbocycles. The number of benzene rings is 3. The number of rotatable bonds is 2. The second-order valence-electron chi connectivity index (χ2n) is 5.34. The highest BCUT2D eigenvalue weighted by molar-refractivity contribution is 5.99. The molecule has 4 rings (SSSR count). The Balaban J connectivity index is 1.93. The van der Waals surface area contributed by atoms with E-state index >= 15 is 0 Å². The van der Waals surface area contributed by atoms with Crippen molar-refractivity contribution in [2.75, 3.05) is 6.61 Å². The predicted molar refractivity (Wildman–Crippen MR) is 90.5 cm³/mol. The molecule has 112 valence electrons. The molecule has 0 aliphatic carbocycles. The SMILES string of the molecule is CCOC(=O)c1ccc2nc3cc4ccccc4cc3nc2c1. The summed E-state index contributed by atoms with van der Waals surface area (Å²) in [4.78, 5) is 21.2. The second-order valence-corrected chi connectivity index (χ2v) is 5.34. The Morgan fingerprint density at radius 3 is 2.13 bits per heavy atom. The highest BCUT2D eigenvalue weighted by Crippen LogP contribution is 2.23. The van der Waals surface area contributed by atoms with Crippen molar-refractivity contribution in [3.63, 3.8) is 0 Å². The summed E-state index contributed by atoms with van der Waals surface area (Å²) >= 11 is 0. The van der Waals surface area contributed by atoms with E-state index in [4.69, 9.17) is 4.74 Å². The number of carbonyl (C=O) groups excluding carboxylic acids is 1. The van der Waals surface area contributed by atoms with Gasteiger partial charge in [0.1, 0.15) is 0 Å². The molecule has 0 saturated heterocycles. The van der Waals surface area contributed by atoms with Gasteiger partial charge in [-0.15, -0.1) is 0 Å². The van der Waals surface area contributed by atoms with Crippen LogP contribution in [-0.2, 0) is 4.74 Å². The van der Waals surface area contributed by atoms with E-state index in [0.717, 1.165) is 27.3 Å². The van der Waals surface area contributed by atoms with Crippen molar-refractivity contribution in [1.29, 1.82) is 0 Å². The van der Waals surface area contributed by atoms with Crippen molar-refractivity contribution in [2.24, 2.45) is 0 Å². The van der Waals surface area contributed by atoms with Crippen molar-refractivity contribution < 1.29 is 9.53 Å². The van der Waals surface area contributed by atoms with Crippen molar-refractivity contribution in [2.45, 2.75) is 6.92 Å². The minimum Gasteiger partial charge on any atom is -0.462 e. The summed E-state index contributed by atoms with van der Waals surface area (Å²) in [6.07, 6.45) is 0. The van der Waals surface area contributed by atoms with E-state index in [1.54, 1.807) is 19.1 Å². The Morgan fingerprint density at radius 1 is 0.870 bits per heavy atom. The Morgan fingerprint density at radius 2 is 1.48 bits per heavy atom. The van der Waals surface area contributed by atoms with Crippen LogP contribution in [0.25, 0.3) is 32.8 Å². The minimum atomic E-state index is -0.338. The van der Waals surface area contributed by atoms with Crippen LogP contribution in [0, 0.1) is 0 Å². The Kier molecular flexibility index (Phi) is 3.15. The number of fused-ring (bicyclic) bond motifs is 3. The Bertz CT molecular complexity index is 1060. The van der Waals surface area contributed by atoms with Crippen LogP contribution in [-0.4, -0.2) is 22.5 Å². The molecule has 0 aliphatic heterocycles. The number of aromatic nitrogens is 2. The number of carbonyl (C=O) groups is 1. The topological polar surface area (TPSA) is 52.1 Å². The fourth-order valence-corrected chi connectivity index (χ4v) is 2.70. The van der Waals surface area contributed by atoms with Crippen LogP contribution in [0.3, 0.4) is 0 Å². The molecule has 1 heterocycles. The monoisotopic (exact) mass is 302 g/mol. The van der Waals surface area contributed by atoms with Crippen LogP contribution in [0.1, 0.15) is 17.3 Å². The summed E-state index contributed by atoms with van der Waals surface area (Å²) < 4.78 is 5.03. The fraction of sp³-hybridized carbons (Fsp3) is 0.105. The van der Waals surface area contributed by atoms with Gasteiger partial charge in [-0.2, -0.15) is 0 Å². The lowest BCUT2D eigenvalue weighted by Gasteiger charge is -2.05. The van der Waals surface area contributed by atoms with E-state index in [9.17, 15) is 4.79 Å². The summed E-state index contributed by atoms with van der Waals surface area (Å²) in [5.74, 6) is -0.338. The van der Waals surface area contributed by atoms with Gasteiger partial charge in [-0.3, -0.25) is 0 Å². The van der Waals surface area contributed by atoms with Gasteiger partial charge in [0.25, 0.3) is 0 Å². The van der Waals surface area contributed by atoms with Crippen LogP contribution < -0.4 is 0 Å². The van der Waals surface area contributed by atoms with Gasteiger partial charge >= 0.3 is 5.97 Å². The molecule has 0 N–H and O–H groups in total. The molecule has 1 aromatic heterocycles. The highest BCUT2D eigenvalue weighted by atomic mass is 16.5. The molecule has 23 heavy (non-hydrogen) atoms. The van der Waals surface area contributed by atoms with Crippen molar-refractivity contribution in [3.8, 4) is 0 Å². The molecular formula is C19H14N2O2. The van der Waals surface area contributed by atoms with Gasteiger partial charge < -0.3 is 4.74 Å². The molecule has 0 radical (unpaired) electrons. The van der Waals surface area contributed by atoms with E-state index in [1.165, 1.54) is 0 Å². The lowest BCUT2D eigenvalue weighted by molar-refractivity contribution is 0.0526. The highest BCUT2D eigenvalue weighted by Gasteiger charge is 2.09. The number of nitrogens with zero attached hydrogens (tertiary/aromatic N) is 2. The number of ether oxygens (including phenoxy) is 1. The summed E-state index contributed by atoms with van der Waals surface area (Å²) in [7, 11) is 0. The van der Waals surface area contributed by atoms with Gasteiger partial charge in [-0.25, -0.2) is 14.8 Å². The summed E-state index contributed by atoms with van der Waals surface area (Å²) in [6, 6.07) is 17.4. The zero-order chi connectivity index (χ0) is 15.8. The first-order chi connectivity index (χ1) is 11.2. The number of hydrogen-bond acceptors (Lipinski definition) is 4. The minimum absolute atomic E-state index is 0.338. The molecule has 4 heteroatoms. The Hall–Kier alpha value is -3.01. The molecule has 0 saturated carbocycles. The predicted octanol–water partition coefficient (Wildman–Crippen LogP) is 4.11. The molecule has 0 bridgehead atoms. The zero-order valence-electron chi connectivity index (χ0n) is 12.6. The zero-order valence-corrected chi connectivity index (χ0v) is 12.6. The van der Waals surface area contributed by atoms with Gasteiger partial charge in [0.2, 0.25) is 0 Å². The lowest BCUT2D eigenvalue weighted by Crippen LogP contribution is -2.04. The quantitative estimate of drug-likeness (QED) is 0.413. The van der Waals surface area contributed by atoms with E-state index in [-0.39, 0.29) is 5.97 Å². The first-order valence-electron chi connectivity index (χ1n) is 7.52. The first kappa shape index (κ1) is 13.6. The molecular weight excluding hydrogens is 288 g/mol. The van der Waals surface area contributed by atoms with Crippen LogP contribution in [0.4, 0.5) is 0 Å². The molecule has 0 spiro atoms. The summed E-state index contributed by atoms with van der Waals surface area (Å²) in [5.41, 5.74) is 3.62. The largest absolute Gasteiger partial charge is 0.462 e. The van der Waals surface area contributed by atoms with Gasteiger partial charge in [0, 0.05) is 0 Å². The third kappa shape index (κ3) is 2.38. The normalized spacial score (nSPS) is 11.2.